The van der Waals surface area contributed by atoms with Gasteiger partial charge in [0.1, 0.15) is 5.75 Å². The number of ether oxygens (including phenoxy) is 1. The molecule has 1 aromatic carbocycles. The van der Waals surface area contributed by atoms with Crippen molar-refractivity contribution in [1.82, 2.24) is 5.32 Å². The van der Waals surface area contributed by atoms with Crippen molar-refractivity contribution in [2.45, 2.75) is 39.0 Å². The van der Waals surface area contributed by atoms with Gasteiger partial charge in [-0.05, 0) is 49.6 Å². The number of hydrogen-bond acceptors (Lipinski definition) is 3. The summed E-state index contributed by atoms with van der Waals surface area (Å²) in [6, 6.07) is 5.96. The van der Waals surface area contributed by atoms with E-state index in [0.717, 1.165) is 63.2 Å². The summed E-state index contributed by atoms with van der Waals surface area (Å²) in [7, 11) is 0. The van der Waals surface area contributed by atoms with Crippen LogP contribution in [0.2, 0.25) is 0 Å². The summed E-state index contributed by atoms with van der Waals surface area (Å²) in [5.74, 6) is 1.12. The van der Waals surface area contributed by atoms with E-state index in [0.29, 0.717) is 0 Å². The standard InChI is InChI=1S/C17H24N2O2/c1-2-7-17(8-3-9-18-12-17)16(20)19-14-4-5-15-13(11-14)6-10-21-15/h4-5,11,18H,2-3,6-10,12H2,1H3,(H,19,20). The molecule has 0 radical (unpaired) electrons. The minimum atomic E-state index is -0.248. The minimum Gasteiger partial charge on any atom is -0.493 e. The van der Waals surface area contributed by atoms with Gasteiger partial charge in [-0.2, -0.15) is 0 Å². The van der Waals surface area contributed by atoms with Crippen molar-refractivity contribution in [2.75, 3.05) is 25.0 Å². The van der Waals surface area contributed by atoms with Crippen molar-refractivity contribution in [3.05, 3.63) is 23.8 Å². The first-order chi connectivity index (χ1) is 10.2. The molecule has 1 amide bonds. The first kappa shape index (κ1) is 14.4. The summed E-state index contributed by atoms with van der Waals surface area (Å²) in [6.45, 7) is 4.71. The van der Waals surface area contributed by atoms with Crippen molar-refractivity contribution in [2.24, 2.45) is 5.41 Å². The first-order valence-electron chi connectivity index (χ1n) is 8.01. The molecule has 0 bridgehead atoms. The fourth-order valence-corrected chi connectivity index (χ4v) is 3.50. The lowest BCUT2D eigenvalue weighted by atomic mass is 9.76. The molecule has 0 aromatic heterocycles. The van der Waals surface area contributed by atoms with Gasteiger partial charge in [0.15, 0.2) is 0 Å². The Morgan fingerprint density at radius 1 is 1.48 bits per heavy atom. The number of amides is 1. The van der Waals surface area contributed by atoms with Crippen molar-refractivity contribution in [3.63, 3.8) is 0 Å². The first-order valence-corrected chi connectivity index (χ1v) is 8.01. The summed E-state index contributed by atoms with van der Waals surface area (Å²) < 4.78 is 5.51. The van der Waals surface area contributed by atoms with E-state index in [4.69, 9.17) is 4.74 Å². The predicted octanol–water partition coefficient (Wildman–Crippen LogP) is 2.73. The number of nitrogens with one attached hydrogen (secondary N) is 2. The molecular weight excluding hydrogens is 264 g/mol. The minimum absolute atomic E-state index is 0.162. The second kappa shape index (κ2) is 6.06. The highest BCUT2D eigenvalue weighted by Gasteiger charge is 2.38. The molecule has 1 saturated heterocycles. The second-order valence-corrected chi connectivity index (χ2v) is 6.19. The summed E-state index contributed by atoms with van der Waals surface area (Å²) in [6.07, 6.45) is 4.97. The van der Waals surface area contributed by atoms with Crippen LogP contribution in [0.15, 0.2) is 18.2 Å². The number of hydrogen-bond donors (Lipinski definition) is 2. The van der Waals surface area contributed by atoms with Gasteiger partial charge in [-0.1, -0.05) is 13.3 Å². The average Bonchev–Trinajstić information content (AvgIpc) is 2.96. The van der Waals surface area contributed by atoms with Crippen molar-refractivity contribution < 1.29 is 9.53 Å². The Morgan fingerprint density at radius 3 is 3.14 bits per heavy atom. The van der Waals surface area contributed by atoms with Crippen LogP contribution in [0.4, 0.5) is 5.69 Å². The topological polar surface area (TPSA) is 50.4 Å². The molecule has 3 rings (SSSR count). The Bertz CT molecular complexity index is 516. The van der Waals surface area contributed by atoms with Gasteiger partial charge >= 0.3 is 0 Å². The number of carbonyl (C=O) groups excluding carboxylic acids is 1. The van der Waals surface area contributed by atoms with E-state index in [1.54, 1.807) is 0 Å². The van der Waals surface area contributed by atoms with Gasteiger partial charge in [-0.15, -0.1) is 0 Å². The Labute approximate surface area is 126 Å². The molecule has 4 heteroatoms. The van der Waals surface area contributed by atoms with Crippen LogP contribution in [0.1, 0.15) is 38.2 Å². The van der Waals surface area contributed by atoms with Gasteiger partial charge < -0.3 is 15.4 Å². The van der Waals surface area contributed by atoms with Crippen LogP contribution in [-0.2, 0) is 11.2 Å². The molecule has 2 aliphatic rings. The monoisotopic (exact) mass is 288 g/mol. The molecule has 4 nitrogen and oxygen atoms in total. The van der Waals surface area contributed by atoms with Crippen LogP contribution in [0.25, 0.3) is 0 Å². The lowest BCUT2D eigenvalue weighted by molar-refractivity contribution is -0.127. The van der Waals surface area contributed by atoms with Crippen LogP contribution < -0.4 is 15.4 Å². The molecule has 21 heavy (non-hydrogen) atoms. The molecule has 0 aliphatic carbocycles. The largest absolute Gasteiger partial charge is 0.493 e. The molecule has 2 aliphatic heterocycles. The van der Waals surface area contributed by atoms with Gasteiger partial charge in [0.2, 0.25) is 5.91 Å². The fraction of sp³-hybridized carbons (Fsp3) is 0.588. The van der Waals surface area contributed by atoms with E-state index in [-0.39, 0.29) is 11.3 Å². The van der Waals surface area contributed by atoms with Gasteiger partial charge in [-0.25, -0.2) is 0 Å². The zero-order chi connectivity index (χ0) is 14.7. The molecule has 2 N–H and O–H groups in total. The summed E-state index contributed by atoms with van der Waals surface area (Å²) >= 11 is 0. The Morgan fingerprint density at radius 2 is 2.38 bits per heavy atom. The van der Waals surface area contributed by atoms with Gasteiger partial charge in [-0.3, -0.25) is 4.79 Å². The average molecular weight is 288 g/mol. The van der Waals surface area contributed by atoms with Crippen molar-refractivity contribution in [1.29, 1.82) is 0 Å². The maximum Gasteiger partial charge on any atom is 0.231 e. The highest BCUT2D eigenvalue weighted by molar-refractivity contribution is 5.95. The van der Waals surface area contributed by atoms with Gasteiger partial charge in [0, 0.05) is 18.7 Å². The smallest absolute Gasteiger partial charge is 0.231 e. The highest BCUT2D eigenvalue weighted by Crippen LogP contribution is 2.34. The van der Waals surface area contributed by atoms with E-state index < -0.39 is 0 Å². The third-order valence-corrected chi connectivity index (χ3v) is 4.63. The van der Waals surface area contributed by atoms with Crippen LogP contribution in [-0.4, -0.2) is 25.6 Å². The Balaban J connectivity index is 1.74. The lowest BCUT2D eigenvalue weighted by Gasteiger charge is -2.36. The van der Waals surface area contributed by atoms with Crippen LogP contribution >= 0.6 is 0 Å². The van der Waals surface area contributed by atoms with Gasteiger partial charge in [0.25, 0.3) is 0 Å². The summed E-state index contributed by atoms with van der Waals surface area (Å²) in [5, 5.41) is 6.52. The van der Waals surface area contributed by atoms with Crippen LogP contribution in [0.3, 0.4) is 0 Å². The molecule has 1 fully saturated rings. The third-order valence-electron chi connectivity index (χ3n) is 4.63. The normalized spacial score (nSPS) is 24.2. The van der Waals surface area contributed by atoms with E-state index in [1.807, 2.05) is 12.1 Å². The third kappa shape index (κ3) is 2.91. The lowest BCUT2D eigenvalue weighted by Crippen LogP contribution is -2.48. The molecule has 1 aromatic rings. The molecule has 1 atom stereocenters. The molecular formula is C17H24N2O2. The van der Waals surface area contributed by atoms with E-state index in [1.165, 1.54) is 5.56 Å². The molecule has 1 unspecified atom stereocenters. The Kier molecular flexibility index (Phi) is 4.15. The van der Waals surface area contributed by atoms with Gasteiger partial charge in [0.05, 0.1) is 12.0 Å². The zero-order valence-electron chi connectivity index (χ0n) is 12.7. The number of piperidine rings is 1. The van der Waals surface area contributed by atoms with E-state index in [2.05, 4.69) is 23.6 Å². The number of benzene rings is 1. The second-order valence-electron chi connectivity index (χ2n) is 6.19. The predicted molar refractivity (Wildman–Crippen MR) is 83.7 cm³/mol. The summed E-state index contributed by atoms with van der Waals surface area (Å²) in [5.41, 5.74) is 1.84. The maximum atomic E-state index is 12.8. The van der Waals surface area contributed by atoms with Crippen LogP contribution in [0, 0.1) is 5.41 Å². The molecule has 2 heterocycles. The quantitative estimate of drug-likeness (QED) is 0.895. The maximum absolute atomic E-state index is 12.8. The van der Waals surface area contributed by atoms with Crippen molar-refractivity contribution in [3.8, 4) is 5.75 Å². The summed E-state index contributed by atoms with van der Waals surface area (Å²) in [4.78, 5) is 12.8. The van der Waals surface area contributed by atoms with E-state index in [9.17, 15) is 4.79 Å². The Hall–Kier alpha value is -1.55. The molecule has 114 valence electrons. The van der Waals surface area contributed by atoms with Crippen molar-refractivity contribution >= 4 is 11.6 Å². The highest BCUT2D eigenvalue weighted by atomic mass is 16.5. The zero-order valence-corrected chi connectivity index (χ0v) is 12.7. The number of rotatable bonds is 4. The SMILES string of the molecule is CCCC1(C(=O)Nc2ccc3c(c2)CCO3)CCCNC1. The fourth-order valence-electron chi connectivity index (χ4n) is 3.50. The van der Waals surface area contributed by atoms with Crippen LogP contribution in [0.5, 0.6) is 5.75 Å². The number of anilines is 1. The van der Waals surface area contributed by atoms with E-state index >= 15 is 0 Å². The molecule has 0 spiro atoms. The number of fused-ring (bicyclic) bond motifs is 1. The number of carbonyl (C=O) groups is 1. The molecule has 0 saturated carbocycles.